The molecule has 1 saturated carbocycles. The monoisotopic (exact) mass is 371 g/mol. The number of carbonyl (C=O) groups is 2. The fourth-order valence-electron chi connectivity index (χ4n) is 4.87. The van der Waals surface area contributed by atoms with Crippen molar-refractivity contribution >= 4 is 11.8 Å². The van der Waals surface area contributed by atoms with Crippen LogP contribution >= 0.6 is 0 Å². The molecule has 2 heterocycles. The molecule has 2 aliphatic heterocycles. The number of aliphatic hydroxyl groups excluding tert-OH is 1. The van der Waals surface area contributed by atoms with Crippen LogP contribution in [0.1, 0.15) is 30.4 Å². The Morgan fingerprint density at radius 3 is 2.52 bits per heavy atom. The highest BCUT2D eigenvalue weighted by molar-refractivity contribution is 5.89. The lowest BCUT2D eigenvalue weighted by atomic mass is 10.0. The molecule has 146 valence electrons. The van der Waals surface area contributed by atoms with E-state index in [2.05, 4.69) is 41.4 Å². The van der Waals surface area contributed by atoms with E-state index in [1.165, 1.54) is 5.56 Å². The Morgan fingerprint density at radius 1 is 1.19 bits per heavy atom. The fourth-order valence-corrected chi connectivity index (χ4v) is 4.87. The first-order chi connectivity index (χ1) is 13.0. The van der Waals surface area contributed by atoms with Crippen LogP contribution in [-0.4, -0.2) is 65.0 Å². The van der Waals surface area contributed by atoms with Gasteiger partial charge in [-0.15, -0.1) is 0 Å². The molecule has 1 aliphatic carbocycles. The van der Waals surface area contributed by atoms with Gasteiger partial charge in [-0.3, -0.25) is 14.5 Å². The molecule has 3 fully saturated rings. The molecule has 4 rings (SSSR count). The largest absolute Gasteiger partial charge is 0.393 e. The topological polar surface area (TPSA) is 72.9 Å². The van der Waals surface area contributed by atoms with Gasteiger partial charge < -0.3 is 15.3 Å². The molecule has 0 bridgehead atoms. The summed E-state index contributed by atoms with van der Waals surface area (Å²) in [5, 5.41) is 12.7. The lowest BCUT2D eigenvalue weighted by molar-refractivity contribution is -0.138. The van der Waals surface area contributed by atoms with Crippen molar-refractivity contribution in [3.05, 3.63) is 35.4 Å². The molecule has 1 aromatic rings. The van der Waals surface area contributed by atoms with Gasteiger partial charge in [0, 0.05) is 32.7 Å². The number of benzene rings is 1. The van der Waals surface area contributed by atoms with Crippen molar-refractivity contribution in [1.29, 1.82) is 0 Å². The number of nitrogens with zero attached hydrogens (tertiary/aromatic N) is 2. The summed E-state index contributed by atoms with van der Waals surface area (Å²) in [7, 11) is 0. The van der Waals surface area contributed by atoms with Gasteiger partial charge in [-0.1, -0.05) is 29.8 Å². The molecular weight excluding hydrogens is 342 g/mol. The number of carbonyl (C=O) groups excluding carboxylic acids is 2. The number of hydrogen-bond acceptors (Lipinski definition) is 4. The summed E-state index contributed by atoms with van der Waals surface area (Å²) in [5.74, 6) is 0.868. The third-order valence-electron chi connectivity index (χ3n) is 6.39. The van der Waals surface area contributed by atoms with E-state index in [1.807, 2.05) is 4.90 Å². The average Bonchev–Trinajstić information content (AvgIpc) is 3.17. The number of likely N-dealkylation sites (tertiary alicyclic amines) is 1. The minimum Gasteiger partial charge on any atom is -0.393 e. The van der Waals surface area contributed by atoms with Crippen molar-refractivity contribution in [2.24, 2.45) is 11.8 Å². The van der Waals surface area contributed by atoms with Crippen LogP contribution in [-0.2, 0) is 16.1 Å². The molecule has 4 atom stereocenters. The third-order valence-corrected chi connectivity index (χ3v) is 6.39. The highest BCUT2D eigenvalue weighted by Crippen LogP contribution is 2.38. The highest BCUT2D eigenvalue weighted by atomic mass is 16.3. The van der Waals surface area contributed by atoms with Gasteiger partial charge in [-0.2, -0.15) is 0 Å². The predicted molar refractivity (Wildman–Crippen MR) is 102 cm³/mol. The van der Waals surface area contributed by atoms with Crippen molar-refractivity contribution in [3.8, 4) is 0 Å². The molecule has 2 saturated heterocycles. The first kappa shape index (κ1) is 18.4. The Kier molecular flexibility index (Phi) is 5.19. The normalized spacial score (nSPS) is 31.0. The van der Waals surface area contributed by atoms with E-state index < -0.39 is 6.04 Å². The molecule has 0 spiro atoms. The fraction of sp³-hybridized carbons (Fsp3) is 0.619. The molecule has 6 nitrogen and oxygen atoms in total. The Labute approximate surface area is 160 Å². The quantitative estimate of drug-likeness (QED) is 0.825. The van der Waals surface area contributed by atoms with Crippen molar-refractivity contribution < 1.29 is 14.7 Å². The summed E-state index contributed by atoms with van der Waals surface area (Å²) in [6.45, 7) is 5.59. The van der Waals surface area contributed by atoms with Crippen LogP contribution in [0, 0.1) is 18.8 Å². The summed E-state index contributed by atoms with van der Waals surface area (Å²) in [6.07, 6.45) is 1.64. The van der Waals surface area contributed by atoms with Gasteiger partial charge in [0.15, 0.2) is 0 Å². The van der Waals surface area contributed by atoms with Gasteiger partial charge in [0.1, 0.15) is 0 Å². The maximum atomic E-state index is 12.9. The Hall–Kier alpha value is -1.92. The van der Waals surface area contributed by atoms with Crippen LogP contribution in [0.25, 0.3) is 0 Å². The molecule has 2 N–H and O–H groups in total. The van der Waals surface area contributed by atoms with E-state index in [0.717, 1.165) is 38.0 Å². The maximum Gasteiger partial charge on any atom is 0.237 e. The first-order valence-electron chi connectivity index (χ1n) is 10.0. The Bertz CT molecular complexity index is 691. The number of amides is 2. The van der Waals surface area contributed by atoms with Crippen molar-refractivity contribution in [2.75, 3.05) is 26.2 Å². The number of hydrogen-bond donors (Lipinski definition) is 2. The lowest BCUT2D eigenvalue weighted by Gasteiger charge is -2.35. The van der Waals surface area contributed by atoms with E-state index in [0.29, 0.717) is 24.9 Å². The summed E-state index contributed by atoms with van der Waals surface area (Å²) in [4.78, 5) is 29.4. The summed E-state index contributed by atoms with van der Waals surface area (Å²) in [6, 6.07) is 7.94. The lowest BCUT2D eigenvalue weighted by Crippen LogP contribution is -2.56. The number of nitrogens with one attached hydrogen (secondary N) is 1. The van der Waals surface area contributed by atoms with Gasteiger partial charge in [0.2, 0.25) is 11.8 Å². The second kappa shape index (κ2) is 7.60. The molecule has 3 aliphatic rings. The van der Waals surface area contributed by atoms with Crippen molar-refractivity contribution in [1.82, 2.24) is 15.1 Å². The van der Waals surface area contributed by atoms with Gasteiger partial charge in [0.05, 0.1) is 18.6 Å². The van der Waals surface area contributed by atoms with E-state index in [9.17, 15) is 14.7 Å². The summed E-state index contributed by atoms with van der Waals surface area (Å²) in [5.41, 5.74) is 2.38. The third kappa shape index (κ3) is 4.01. The van der Waals surface area contributed by atoms with Gasteiger partial charge in [-0.05, 0) is 37.2 Å². The highest BCUT2D eigenvalue weighted by Gasteiger charge is 2.42. The van der Waals surface area contributed by atoms with E-state index in [1.54, 1.807) is 0 Å². The smallest absolute Gasteiger partial charge is 0.237 e. The average molecular weight is 371 g/mol. The minimum atomic E-state index is -0.404. The molecular formula is C21H29N3O3. The van der Waals surface area contributed by atoms with Crippen LogP contribution in [0.3, 0.4) is 0 Å². The van der Waals surface area contributed by atoms with E-state index >= 15 is 0 Å². The Morgan fingerprint density at radius 2 is 1.85 bits per heavy atom. The van der Waals surface area contributed by atoms with Crippen LogP contribution in [0.5, 0.6) is 0 Å². The van der Waals surface area contributed by atoms with Crippen LogP contribution in [0.2, 0.25) is 0 Å². The van der Waals surface area contributed by atoms with Gasteiger partial charge >= 0.3 is 0 Å². The zero-order chi connectivity index (χ0) is 19.0. The zero-order valence-corrected chi connectivity index (χ0v) is 15.9. The number of aryl methyl sites for hydroxylation is 1. The number of aliphatic hydroxyl groups is 1. The van der Waals surface area contributed by atoms with Crippen LogP contribution < -0.4 is 5.32 Å². The van der Waals surface area contributed by atoms with Crippen LogP contribution in [0.15, 0.2) is 24.3 Å². The number of rotatable bonds is 4. The van der Waals surface area contributed by atoms with Crippen molar-refractivity contribution in [3.63, 3.8) is 0 Å². The molecule has 27 heavy (non-hydrogen) atoms. The second-order valence-corrected chi connectivity index (χ2v) is 8.41. The molecule has 0 aromatic heterocycles. The second-order valence-electron chi connectivity index (χ2n) is 8.41. The summed E-state index contributed by atoms with van der Waals surface area (Å²) >= 11 is 0. The SMILES string of the molecule is Cc1ccc(CN2CCNC(=O)C2CC(=O)N2C[C@H]3CC(O)C[C@H]3C2)cc1. The molecule has 0 radical (unpaired) electrons. The molecule has 2 amide bonds. The zero-order valence-electron chi connectivity index (χ0n) is 15.9. The minimum absolute atomic E-state index is 0.0449. The van der Waals surface area contributed by atoms with Crippen molar-refractivity contribution in [2.45, 2.75) is 44.9 Å². The van der Waals surface area contributed by atoms with Gasteiger partial charge in [-0.25, -0.2) is 0 Å². The van der Waals surface area contributed by atoms with Crippen LogP contribution in [0.4, 0.5) is 0 Å². The summed E-state index contributed by atoms with van der Waals surface area (Å²) < 4.78 is 0. The Balaban J connectivity index is 1.39. The molecule has 1 aromatic carbocycles. The predicted octanol–water partition coefficient (Wildman–Crippen LogP) is 0.915. The molecule has 2 unspecified atom stereocenters. The maximum absolute atomic E-state index is 12.9. The standard InChI is InChI=1S/C21H29N3O3/c1-14-2-4-15(5-3-14)11-23-7-6-22-21(27)19(23)10-20(26)24-12-16-8-18(25)9-17(16)13-24/h2-5,16-19,25H,6-13H2,1H3,(H,22,27)/t16-,17+,18?,19?. The first-order valence-corrected chi connectivity index (χ1v) is 10.0. The number of piperazine rings is 1. The van der Waals surface area contributed by atoms with E-state index in [-0.39, 0.29) is 24.3 Å². The van der Waals surface area contributed by atoms with Gasteiger partial charge in [0.25, 0.3) is 0 Å². The number of fused-ring (bicyclic) bond motifs is 1. The molecule has 6 heteroatoms. The van der Waals surface area contributed by atoms with E-state index in [4.69, 9.17) is 0 Å².